The molecule has 0 saturated heterocycles. The summed E-state index contributed by atoms with van der Waals surface area (Å²) in [6, 6.07) is 0.574. The molecule has 0 radical (unpaired) electrons. The van der Waals surface area contributed by atoms with E-state index in [0.29, 0.717) is 17.4 Å². The van der Waals surface area contributed by atoms with Gasteiger partial charge in [0.2, 0.25) is 0 Å². The molecule has 0 aromatic carbocycles. The van der Waals surface area contributed by atoms with E-state index in [4.69, 9.17) is 4.74 Å². The summed E-state index contributed by atoms with van der Waals surface area (Å²) in [5.74, 6) is 0.709. The van der Waals surface area contributed by atoms with Crippen LogP contribution in [0.3, 0.4) is 0 Å². The summed E-state index contributed by atoms with van der Waals surface area (Å²) in [5, 5.41) is 3.57. The number of rotatable bonds is 9. The van der Waals surface area contributed by atoms with Gasteiger partial charge in [0.25, 0.3) is 0 Å². The van der Waals surface area contributed by atoms with Gasteiger partial charge in [0.05, 0.1) is 0 Å². The van der Waals surface area contributed by atoms with Gasteiger partial charge in [0, 0.05) is 25.8 Å². The van der Waals surface area contributed by atoms with Crippen molar-refractivity contribution in [3.63, 3.8) is 0 Å². The quantitative estimate of drug-likeness (QED) is 0.611. The van der Waals surface area contributed by atoms with Gasteiger partial charge in [-0.15, -0.1) is 0 Å². The number of nitrogens with one attached hydrogen (secondary N) is 1. The lowest BCUT2D eigenvalue weighted by molar-refractivity contribution is 0.115. The first-order chi connectivity index (χ1) is 7.42. The van der Waals surface area contributed by atoms with Crippen LogP contribution < -0.4 is 5.32 Å². The molecule has 0 fully saturated rings. The molecule has 1 unspecified atom stereocenters. The molecule has 2 heteroatoms. The predicted molar refractivity (Wildman–Crippen MR) is 71.8 cm³/mol. The van der Waals surface area contributed by atoms with E-state index in [2.05, 4.69) is 46.9 Å². The van der Waals surface area contributed by atoms with Gasteiger partial charge in [0.15, 0.2) is 0 Å². The monoisotopic (exact) mass is 229 g/mol. The van der Waals surface area contributed by atoms with E-state index in [9.17, 15) is 0 Å². The van der Waals surface area contributed by atoms with Crippen LogP contribution in [0.4, 0.5) is 0 Å². The lowest BCUT2D eigenvalue weighted by atomic mass is 9.75. The normalized spacial score (nSPS) is 15.8. The van der Waals surface area contributed by atoms with E-state index in [1.165, 1.54) is 12.8 Å². The Balaban J connectivity index is 4.01. The molecule has 0 aliphatic heterocycles. The molecule has 16 heavy (non-hydrogen) atoms. The highest BCUT2D eigenvalue weighted by atomic mass is 16.5. The van der Waals surface area contributed by atoms with Crippen molar-refractivity contribution in [2.24, 2.45) is 11.3 Å². The fraction of sp³-hybridized carbons (Fsp3) is 1.00. The minimum absolute atomic E-state index is 0.390. The number of ether oxygens (including phenoxy) is 1. The minimum atomic E-state index is 0.390. The van der Waals surface area contributed by atoms with Gasteiger partial charge in [-0.05, 0) is 31.1 Å². The third-order valence-corrected chi connectivity index (χ3v) is 3.55. The summed E-state index contributed by atoms with van der Waals surface area (Å²) < 4.78 is 5.41. The van der Waals surface area contributed by atoms with Crippen molar-refractivity contribution < 1.29 is 4.74 Å². The van der Waals surface area contributed by atoms with E-state index in [1.54, 1.807) is 0 Å². The first kappa shape index (κ1) is 15.9. The third kappa shape index (κ3) is 6.49. The Morgan fingerprint density at radius 3 is 2.25 bits per heavy atom. The van der Waals surface area contributed by atoms with Crippen LogP contribution in [0.15, 0.2) is 0 Å². The molecule has 0 saturated carbocycles. The van der Waals surface area contributed by atoms with Crippen LogP contribution in [0.5, 0.6) is 0 Å². The Kier molecular flexibility index (Phi) is 8.04. The van der Waals surface area contributed by atoms with Gasteiger partial charge >= 0.3 is 0 Å². The molecule has 0 aromatic heterocycles. The molecular formula is C14H31NO. The van der Waals surface area contributed by atoms with Gasteiger partial charge in [-0.2, -0.15) is 0 Å². The molecule has 98 valence electrons. The third-order valence-electron chi connectivity index (χ3n) is 3.55. The van der Waals surface area contributed by atoms with Crippen LogP contribution >= 0.6 is 0 Å². The van der Waals surface area contributed by atoms with Gasteiger partial charge < -0.3 is 10.1 Å². The van der Waals surface area contributed by atoms with Crippen LogP contribution in [0.1, 0.15) is 54.4 Å². The van der Waals surface area contributed by atoms with Crippen molar-refractivity contribution in [3.8, 4) is 0 Å². The molecule has 0 bridgehead atoms. The minimum Gasteiger partial charge on any atom is -0.382 e. The lowest BCUT2D eigenvalue weighted by Crippen LogP contribution is -2.39. The van der Waals surface area contributed by atoms with Crippen molar-refractivity contribution in [2.45, 2.75) is 60.4 Å². The summed E-state index contributed by atoms with van der Waals surface area (Å²) in [4.78, 5) is 0. The van der Waals surface area contributed by atoms with Gasteiger partial charge in [-0.1, -0.05) is 34.6 Å². The lowest BCUT2D eigenvalue weighted by Gasteiger charge is -2.35. The summed E-state index contributed by atoms with van der Waals surface area (Å²) >= 11 is 0. The van der Waals surface area contributed by atoms with Crippen LogP contribution in [0.2, 0.25) is 0 Å². The van der Waals surface area contributed by atoms with Gasteiger partial charge in [0.1, 0.15) is 0 Å². The Morgan fingerprint density at radius 2 is 1.81 bits per heavy atom. The second kappa shape index (κ2) is 8.08. The predicted octanol–water partition coefficient (Wildman–Crippen LogP) is 3.46. The zero-order valence-corrected chi connectivity index (χ0v) is 12.1. The average molecular weight is 229 g/mol. The molecule has 2 nitrogen and oxygen atoms in total. The first-order valence-electron chi connectivity index (χ1n) is 6.73. The highest BCUT2D eigenvalue weighted by molar-refractivity contribution is 4.80. The zero-order chi connectivity index (χ0) is 12.6. The molecule has 0 heterocycles. The highest BCUT2D eigenvalue weighted by Gasteiger charge is 2.27. The molecule has 0 spiro atoms. The second-order valence-corrected chi connectivity index (χ2v) is 5.64. The molecule has 1 atom stereocenters. The second-order valence-electron chi connectivity index (χ2n) is 5.64. The molecule has 0 aromatic rings. The van der Waals surface area contributed by atoms with Crippen molar-refractivity contribution in [3.05, 3.63) is 0 Å². The Morgan fingerprint density at radius 1 is 1.19 bits per heavy atom. The van der Waals surface area contributed by atoms with E-state index < -0.39 is 0 Å². The number of hydrogen-bond donors (Lipinski definition) is 1. The van der Waals surface area contributed by atoms with Crippen LogP contribution in [-0.2, 0) is 4.74 Å². The standard InChI is InChI=1S/C14H31NO/c1-7-16-10-8-9-14(6,12(2)3)11-15-13(4)5/h12-13,15H,7-11H2,1-6H3. The maximum Gasteiger partial charge on any atom is 0.0466 e. The summed E-state index contributed by atoms with van der Waals surface area (Å²) in [6.07, 6.45) is 2.41. The Hall–Kier alpha value is -0.0800. The molecule has 1 N–H and O–H groups in total. The van der Waals surface area contributed by atoms with Crippen LogP contribution in [-0.4, -0.2) is 25.8 Å². The molecule has 0 aliphatic rings. The van der Waals surface area contributed by atoms with Crippen molar-refractivity contribution >= 4 is 0 Å². The highest BCUT2D eigenvalue weighted by Crippen LogP contribution is 2.31. The molecular weight excluding hydrogens is 198 g/mol. The zero-order valence-electron chi connectivity index (χ0n) is 12.1. The number of hydrogen-bond acceptors (Lipinski definition) is 2. The van der Waals surface area contributed by atoms with Gasteiger partial charge in [-0.25, -0.2) is 0 Å². The smallest absolute Gasteiger partial charge is 0.0466 e. The van der Waals surface area contributed by atoms with Crippen molar-refractivity contribution in [1.29, 1.82) is 0 Å². The summed E-state index contributed by atoms with van der Waals surface area (Å²) in [5.41, 5.74) is 0.390. The summed E-state index contributed by atoms with van der Waals surface area (Å²) in [7, 11) is 0. The molecule has 0 amide bonds. The summed E-state index contributed by atoms with van der Waals surface area (Å²) in [6.45, 7) is 16.4. The van der Waals surface area contributed by atoms with E-state index >= 15 is 0 Å². The average Bonchev–Trinajstić information content (AvgIpc) is 2.21. The first-order valence-corrected chi connectivity index (χ1v) is 6.73. The topological polar surface area (TPSA) is 21.3 Å². The largest absolute Gasteiger partial charge is 0.382 e. The Bertz CT molecular complexity index is 168. The van der Waals surface area contributed by atoms with E-state index in [-0.39, 0.29) is 0 Å². The maximum absolute atomic E-state index is 5.41. The maximum atomic E-state index is 5.41. The molecule has 0 aliphatic carbocycles. The van der Waals surface area contributed by atoms with E-state index in [1.807, 2.05) is 0 Å². The Labute approximate surface area is 102 Å². The SMILES string of the molecule is CCOCCCC(C)(CNC(C)C)C(C)C. The van der Waals surface area contributed by atoms with Crippen molar-refractivity contribution in [1.82, 2.24) is 5.32 Å². The molecule has 0 rings (SSSR count). The van der Waals surface area contributed by atoms with Crippen molar-refractivity contribution in [2.75, 3.05) is 19.8 Å². The van der Waals surface area contributed by atoms with Crippen LogP contribution in [0, 0.1) is 11.3 Å². The van der Waals surface area contributed by atoms with Crippen LogP contribution in [0.25, 0.3) is 0 Å². The fourth-order valence-corrected chi connectivity index (χ4v) is 1.74. The van der Waals surface area contributed by atoms with E-state index in [0.717, 1.165) is 19.8 Å². The van der Waals surface area contributed by atoms with Gasteiger partial charge in [-0.3, -0.25) is 0 Å². The fourth-order valence-electron chi connectivity index (χ4n) is 1.74.